The summed E-state index contributed by atoms with van der Waals surface area (Å²) in [5.41, 5.74) is 14.9. The van der Waals surface area contributed by atoms with Crippen LogP contribution >= 0.6 is 0 Å². The molecule has 7 nitrogen and oxygen atoms in total. The zero-order chi connectivity index (χ0) is 28.5. The SMILES string of the molecule is CCC1=C2C=C3N=C(C=C4N=C(C=C5NC(=C6CC(O)=C1C6=N2)[C@@H](CCC(=O)OC)[C@@H]5C)C(C)=C4C)C(C)=C3C. The molecule has 0 aromatic rings. The van der Waals surface area contributed by atoms with Crippen molar-refractivity contribution < 1.29 is 14.6 Å². The molecular formula is C33H36N4O3. The molecule has 1 saturated heterocycles. The highest BCUT2D eigenvalue weighted by Gasteiger charge is 2.41. The quantitative estimate of drug-likeness (QED) is 0.394. The van der Waals surface area contributed by atoms with Gasteiger partial charge in [0.15, 0.2) is 0 Å². The van der Waals surface area contributed by atoms with Crippen molar-refractivity contribution in [3.05, 3.63) is 91.5 Å². The average molecular weight is 537 g/mol. The first-order valence-corrected chi connectivity index (χ1v) is 14.1. The third kappa shape index (κ3) is 3.94. The second-order valence-electron chi connectivity index (χ2n) is 11.4. The summed E-state index contributed by atoms with van der Waals surface area (Å²) in [6.07, 6.45) is 8.42. The third-order valence-electron chi connectivity index (χ3n) is 9.29. The van der Waals surface area contributed by atoms with Crippen molar-refractivity contribution in [2.45, 2.75) is 67.2 Å². The van der Waals surface area contributed by atoms with E-state index in [1.54, 1.807) is 0 Å². The van der Waals surface area contributed by atoms with Gasteiger partial charge >= 0.3 is 5.97 Å². The van der Waals surface area contributed by atoms with Crippen LogP contribution in [0.3, 0.4) is 0 Å². The number of nitrogens with one attached hydrogen (secondary N) is 1. The molecule has 8 bridgehead atoms. The van der Waals surface area contributed by atoms with Gasteiger partial charge in [-0.15, -0.1) is 0 Å². The number of rotatable bonds is 4. The fraction of sp³-hybridized carbons (Fsp3) is 0.394. The lowest BCUT2D eigenvalue weighted by Gasteiger charge is -2.17. The van der Waals surface area contributed by atoms with Crippen molar-refractivity contribution in [3.63, 3.8) is 0 Å². The maximum absolute atomic E-state index is 12.2. The Morgan fingerprint density at radius 1 is 1.00 bits per heavy atom. The Balaban J connectivity index is 1.59. The topological polar surface area (TPSA) is 95.6 Å². The summed E-state index contributed by atoms with van der Waals surface area (Å²) in [4.78, 5) is 27.3. The van der Waals surface area contributed by atoms with Crippen LogP contribution in [-0.2, 0) is 9.53 Å². The number of carbonyl (C=O) groups excluding carboxylic acids is 1. The van der Waals surface area contributed by atoms with Gasteiger partial charge in [-0.25, -0.2) is 15.0 Å². The highest BCUT2D eigenvalue weighted by molar-refractivity contribution is 6.21. The Morgan fingerprint density at radius 3 is 2.30 bits per heavy atom. The molecule has 0 radical (unpaired) electrons. The number of fused-ring (bicyclic) bond motifs is 5. The molecule has 7 heteroatoms. The van der Waals surface area contributed by atoms with E-state index >= 15 is 0 Å². The first kappa shape index (κ1) is 26.2. The van der Waals surface area contributed by atoms with Gasteiger partial charge in [0.25, 0.3) is 0 Å². The number of nitrogens with zero attached hydrogens (tertiary/aromatic N) is 3. The van der Waals surface area contributed by atoms with E-state index in [0.717, 1.165) is 91.1 Å². The minimum absolute atomic E-state index is 0.0511. The van der Waals surface area contributed by atoms with Gasteiger partial charge in [-0.3, -0.25) is 4.79 Å². The highest BCUT2D eigenvalue weighted by atomic mass is 16.5. The van der Waals surface area contributed by atoms with Crippen molar-refractivity contribution in [2.24, 2.45) is 26.8 Å². The number of aliphatic imine (C=N–C) groups is 3. The number of hydrogen-bond acceptors (Lipinski definition) is 7. The molecule has 5 aliphatic heterocycles. The van der Waals surface area contributed by atoms with Crippen molar-refractivity contribution in [3.8, 4) is 0 Å². The van der Waals surface area contributed by atoms with Crippen LogP contribution in [0, 0.1) is 11.8 Å². The van der Waals surface area contributed by atoms with Gasteiger partial charge in [0.2, 0.25) is 0 Å². The molecule has 1 fully saturated rings. The van der Waals surface area contributed by atoms with Gasteiger partial charge in [-0.1, -0.05) is 13.8 Å². The second-order valence-corrected chi connectivity index (χ2v) is 11.4. The van der Waals surface area contributed by atoms with Crippen LogP contribution in [0.5, 0.6) is 0 Å². The van der Waals surface area contributed by atoms with Crippen LogP contribution in [0.1, 0.15) is 67.2 Å². The maximum atomic E-state index is 12.2. The van der Waals surface area contributed by atoms with E-state index in [0.29, 0.717) is 25.0 Å². The molecule has 6 rings (SSSR count). The van der Waals surface area contributed by atoms with Crippen LogP contribution in [-0.4, -0.2) is 35.3 Å². The Bertz CT molecular complexity index is 1630. The minimum atomic E-state index is -0.220. The molecule has 0 unspecified atom stereocenters. The van der Waals surface area contributed by atoms with Gasteiger partial charge in [-0.2, -0.15) is 0 Å². The van der Waals surface area contributed by atoms with Crippen LogP contribution < -0.4 is 5.32 Å². The number of carbonyl (C=O) groups is 1. The number of ether oxygens (including phenoxy) is 1. The third-order valence-corrected chi connectivity index (χ3v) is 9.29. The Labute approximate surface area is 235 Å². The Morgan fingerprint density at radius 2 is 1.65 bits per heavy atom. The average Bonchev–Trinajstić information content (AvgIpc) is 3.68. The molecule has 6 aliphatic rings. The highest BCUT2D eigenvalue weighted by Crippen LogP contribution is 2.47. The predicted molar refractivity (Wildman–Crippen MR) is 159 cm³/mol. The summed E-state index contributed by atoms with van der Waals surface area (Å²) < 4.78 is 4.97. The van der Waals surface area contributed by atoms with Gasteiger partial charge in [0, 0.05) is 47.2 Å². The van der Waals surface area contributed by atoms with Gasteiger partial charge in [-0.05, 0) is 86.6 Å². The Hall–Kier alpha value is -4.00. The lowest BCUT2D eigenvalue weighted by atomic mass is 9.86. The van der Waals surface area contributed by atoms with Crippen molar-refractivity contribution in [2.75, 3.05) is 7.11 Å². The maximum Gasteiger partial charge on any atom is 0.305 e. The van der Waals surface area contributed by atoms with Gasteiger partial charge < -0.3 is 15.2 Å². The standard InChI is InChI=1S/C33H36N4O3/c1-8-20-28-14-26-18(5)17(4)24(35-26)12-23-15(2)16(3)25(34-23)13-27-19(6)21(9-10-30(39)40-7)32(36-27)22-11-29(38)31(20)33(22)37-28/h12-14,19,21,36,38H,8-11H2,1-7H3/t19-,21-/m0/s1. The molecule has 0 aromatic carbocycles. The van der Waals surface area contributed by atoms with Gasteiger partial charge in [0.05, 0.1) is 41.3 Å². The molecule has 2 N–H and O–H groups in total. The summed E-state index contributed by atoms with van der Waals surface area (Å²) in [5, 5.41) is 15.0. The molecule has 40 heavy (non-hydrogen) atoms. The summed E-state index contributed by atoms with van der Waals surface area (Å²) >= 11 is 0. The molecule has 0 spiro atoms. The van der Waals surface area contributed by atoms with E-state index in [9.17, 15) is 9.90 Å². The second kappa shape index (κ2) is 9.58. The largest absolute Gasteiger partial charge is 0.511 e. The van der Waals surface area contributed by atoms with Gasteiger partial charge in [0.1, 0.15) is 5.76 Å². The molecule has 0 amide bonds. The van der Waals surface area contributed by atoms with Crippen LogP contribution in [0.25, 0.3) is 0 Å². The van der Waals surface area contributed by atoms with E-state index in [1.807, 2.05) is 0 Å². The van der Waals surface area contributed by atoms with Crippen molar-refractivity contribution in [1.82, 2.24) is 5.32 Å². The monoisotopic (exact) mass is 536 g/mol. The lowest BCUT2D eigenvalue weighted by Crippen LogP contribution is -2.16. The molecule has 0 saturated carbocycles. The lowest BCUT2D eigenvalue weighted by molar-refractivity contribution is -0.140. The fourth-order valence-corrected chi connectivity index (χ4v) is 6.48. The van der Waals surface area contributed by atoms with E-state index in [4.69, 9.17) is 19.7 Å². The summed E-state index contributed by atoms with van der Waals surface area (Å²) in [7, 11) is 1.43. The molecule has 1 aliphatic carbocycles. The Kier molecular flexibility index (Phi) is 6.28. The molecule has 2 atom stereocenters. The number of methoxy groups -OCH3 is 1. The summed E-state index contributed by atoms with van der Waals surface area (Å²) in [5.74, 6) is 0.303. The number of aliphatic hydroxyl groups is 1. The van der Waals surface area contributed by atoms with E-state index in [-0.39, 0.29) is 17.8 Å². The first-order chi connectivity index (χ1) is 19.1. The van der Waals surface area contributed by atoms with Crippen LogP contribution in [0.4, 0.5) is 0 Å². The van der Waals surface area contributed by atoms with Crippen molar-refractivity contribution in [1.29, 1.82) is 0 Å². The summed E-state index contributed by atoms with van der Waals surface area (Å²) in [6, 6.07) is 0. The zero-order valence-electron chi connectivity index (χ0n) is 24.3. The number of hydrogen-bond donors (Lipinski definition) is 2. The van der Waals surface area contributed by atoms with Crippen LogP contribution in [0.2, 0.25) is 0 Å². The molecule has 5 heterocycles. The summed E-state index contributed by atoms with van der Waals surface area (Å²) in [6.45, 7) is 12.7. The predicted octanol–water partition coefficient (Wildman–Crippen LogP) is 6.63. The first-order valence-electron chi connectivity index (χ1n) is 14.1. The normalized spacial score (nSPS) is 25.4. The zero-order valence-corrected chi connectivity index (χ0v) is 24.3. The smallest absolute Gasteiger partial charge is 0.305 e. The van der Waals surface area contributed by atoms with Crippen molar-refractivity contribution >= 4 is 23.1 Å². The van der Waals surface area contributed by atoms with E-state index in [2.05, 4.69) is 65.1 Å². The number of esters is 1. The van der Waals surface area contributed by atoms with Crippen LogP contribution in [0.15, 0.2) is 106 Å². The minimum Gasteiger partial charge on any atom is -0.511 e. The number of aliphatic hydroxyl groups excluding tert-OH is 1. The molecule has 206 valence electrons. The fourth-order valence-electron chi connectivity index (χ4n) is 6.48. The molecular weight excluding hydrogens is 500 g/mol. The molecule has 0 aromatic heterocycles. The number of allylic oxidation sites excluding steroid dienone is 12. The van der Waals surface area contributed by atoms with E-state index in [1.165, 1.54) is 7.11 Å². The van der Waals surface area contributed by atoms with E-state index < -0.39 is 0 Å².